The number of carbonyl (C=O) groups is 3. The normalized spacial score (nSPS) is 31.4. The van der Waals surface area contributed by atoms with Crippen LogP contribution in [-0.4, -0.2) is 71.3 Å². The van der Waals surface area contributed by atoms with Crippen LogP contribution in [0.15, 0.2) is 12.1 Å². The molecule has 1 amide bonds. The third kappa shape index (κ3) is 4.31. The van der Waals surface area contributed by atoms with Crippen LogP contribution in [0.1, 0.15) is 57.9 Å². The molecule has 0 radical (unpaired) electrons. The van der Waals surface area contributed by atoms with Crippen molar-refractivity contribution in [3.05, 3.63) is 21.9 Å². The highest BCUT2D eigenvalue weighted by Gasteiger charge is 2.66. The van der Waals surface area contributed by atoms with E-state index < -0.39 is 45.1 Å². The van der Waals surface area contributed by atoms with Gasteiger partial charge in [-0.1, -0.05) is 0 Å². The molecule has 0 atom stereocenters. The number of carbonyl (C=O) groups excluding carboxylic acids is 3. The lowest BCUT2D eigenvalue weighted by Gasteiger charge is -2.62. The number of alkyl halides is 6. The Labute approximate surface area is 206 Å². The van der Waals surface area contributed by atoms with Crippen molar-refractivity contribution in [3.63, 3.8) is 0 Å². The zero-order valence-corrected chi connectivity index (χ0v) is 20.0. The van der Waals surface area contributed by atoms with Crippen LogP contribution in [0.25, 0.3) is 0 Å². The summed E-state index contributed by atoms with van der Waals surface area (Å²) in [5.74, 6) is -3.75. The van der Waals surface area contributed by atoms with Crippen LogP contribution in [0.5, 0.6) is 0 Å². The van der Waals surface area contributed by atoms with E-state index in [1.165, 1.54) is 4.90 Å². The van der Waals surface area contributed by atoms with Crippen LogP contribution in [-0.2, 0) is 9.63 Å². The molecule has 1 saturated heterocycles. The molecule has 36 heavy (non-hydrogen) atoms. The van der Waals surface area contributed by atoms with Crippen molar-refractivity contribution >= 4 is 29.0 Å². The summed E-state index contributed by atoms with van der Waals surface area (Å²) in [6.45, 7) is -0.1000. The number of amides is 1. The molecule has 6 rings (SSSR count). The summed E-state index contributed by atoms with van der Waals surface area (Å²) in [6.07, 6.45) is -5.09. The molecule has 1 aromatic rings. The van der Waals surface area contributed by atoms with Gasteiger partial charge in [0.15, 0.2) is 0 Å². The summed E-state index contributed by atoms with van der Waals surface area (Å²) in [5, 5.41) is 0. The number of ketones is 1. The Hall–Kier alpha value is -2.15. The summed E-state index contributed by atoms with van der Waals surface area (Å²) in [5.41, 5.74) is -0.625. The van der Waals surface area contributed by atoms with Crippen molar-refractivity contribution in [1.29, 1.82) is 0 Å². The minimum atomic E-state index is -5.15. The Bertz CT molecular complexity index is 1040. The van der Waals surface area contributed by atoms with Crippen LogP contribution in [0.2, 0.25) is 0 Å². The fourth-order valence-corrected chi connectivity index (χ4v) is 8.23. The number of Topliss-reactive ketones (excluding diaryl/α,β-unsaturated/α-hetero) is 1. The second kappa shape index (κ2) is 8.44. The smallest absolute Gasteiger partial charge is 0.326 e. The summed E-state index contributed by atoms with van der Waals surface area (Å²) >= 11 is 0.431. The quantitative estimate of drug-likeness (QED) is 0.315. The number of hydrogen-bond donors (Lipinski definition) is 0. The highest BCUT2D eigenvalue weighted by molar-refractivity contribution is 7.16. The van der Waals surface area contributed by atoms with Crippen LogP contribution >= 0.6 is 11.3 Å². The van der Waals surface area contributed by atoms with Gasteiger partial charge in [0.1, 0.15) is 18.6 Å². The van der Waals surface area contributed by atoms with Crippen LogP contribution < -0.4 is 0 Å². The average molecular weight is 540 g/mol. The van der Waals surface area contributed by atoms with Crippen molar-refractivity contribution < 1.29 is 50.2 Å². The van der Waals surface area contributed by atoms with Crippen molar-refractivity contribution in [1.82, 2.24) is 4.90 Å². The summed E-state index contributed by atoms with van der Waals surface area (Å²) in [6, 6.07) is 2.09. The third-order valence-electron chi connectivity index (χ3n) is 8.41. The summed E-state index contributed by atoms with van der Waals surface area (Å²) in [7, 11) is 0. The first-order valence-corrected chi connectivity index (χ1v) is 12.7. The Morgan fingerprint density at radius 3 is 1.83 bits per heavy atom. The molecule has 0 aromatic carbocycles. The van der Waals surface area contributed by atoms with Gasteiger partial charge >= 0.3 is 18.3 Å². The van der Waals surface area contributed by atoms with E-state index >= 15 is 0 Å². The van der Waals surface area contributed by atoms with E-state index in [-0.39, 0.29) is 31.1 Å². The maximum absolute atomic E-state index is 13.3. The molecule has 0 spiro atoms. The fourth-order valence-electron chi connectivity index (χ4n) is 7.30. The molecular formula is C23H25F6N2O4S+. The van der Waals surface area contributed by atoms with Crippen molar-refractivity contribution in [2.75, 3.05) is 26.2 Å². The zero-order chi connectivity index (χ0) is 26.1. The largest absolute Gasteiger partial charge is 0.497 e. The van der Waals surface area contributed by atoms with Crippen LogP contribution in [0.4, 0.5) is 26.3 Å². The molecular weight excluding hydrogens is 514 g/mol. The fraction of sp³-hybridized carbons (Fsp3) is 0.696. The molecule has 6 nitrogen and oxygen atoms in total. The number of halogens is 6. The van der Waals surface area contributed by atoms with Gasteiger partial charge in [0, 0.05) is 19.3 Å². The first kappa shape index (κ1) is 25.5. The van der Waals surface area contributed by atoms with Crippen molar-refractivity contribution in [2.24, 2.45) is 17.8 Å². The summed E-state index contributed by atoms with van der Waals surface area (Å²) < 4.78 is 77.5. The second-order valence-corrected chi connectivity index (χ2v) is 11.7. The number of hydrogen-bond acceptors (Lipinski definition) is 5. The molecule has 2 heterocycles. The Morgan fingerprint density at radius 2 is 1.36 bits per heavy atom. The van der Waals surface area contributed by atoms with Crippen LogP contribution in [0, 0.1) is 17.8 Å². The first-order chi connectivity index (χ1) is 16.7. The number of quaternary nitrogens is 1. The average Bonchev–Trinajstić information content (AvgIpc) is 3.26. The molecule has 13 heteroatoms. The number of rotatable bonds is 4. The standard InChI is InChI=1S/C23H25F6N2O4S/c24-22(25,26)18(32)16-1-2-17(36-16)19(33)30-3-5-31(6-4-30,35-20(34)23(27,28)29)21-10-13-7-14(11-21)9-15(8-13)12-21/h1-2,13-15H,3-12H2/q+1. The third-order valence-corrected chi connectivity index (χ3v) is 9.48. The van der Waals surface area contributed by atoms with Crippen LogP contribution in [0.3, 0.4) is 0 Å². The number of nitrogens with zero attached hydrogens (tertiary/aromatic N) is 2. The first-order valence-electron chi connectivity index (χ1n) is 11.9. The molecule has 4 bridgehead atoms. The highest BCUT2D eigenvalue weighted by atomic mass is 32.1. The van der Waals surface area contributed by atoms with Gasteiger partial charge in [-0.25, -0.2) is 4.79 Å². The molecule has 5 fully saturated rings. The Balaban J connectivity index is 1.36. The molecule has 5 aliphatic rings. The summed E-state index contributed by atoms with van der Waals surface area (Å²) in [4.78, 5) is 42.5. The SMILES string of the molecule is O=C(c1ccc(C(=O)C(F)(F)F)s1)N1CC[N+](OC(=O)C(F)(F)F)(C23CC4CC(CC(C4)C2)C3)CC1. The lowest BCUT2D eigenvalue weighted by molar-refractivity contribution is -1.13. The molecule has 1 aromatic heterocycles. The van der Waals surface area contributed by atoms with Gasteiger partial charge in [0.2, 0.25) is 0 Å². The zero-order valence-electron chi connectivity index (χ0n) is 19.2. The topological polar surface area (TPSA) is 63.7 Å². The maximum Gasteiger partial charge on any atom is 0.497 e. The lowest BCUT2D eigenvalue weighted by Crippen LogP contribution is -2.75. The second-order valence-electron chi connectivity index (χ2n) is 10.6. The highest BCUT2D eigenvalue weighted by Crippen LogP contribution is 2.60. The molecule has 1 aliphatic heterocycles. The van der Waals surface area contributed by atoms with E-state index in [9.17, 15) is 40.7 Å². The number of piperazine rings is 1. The molecule has 0 N–H and O–H groups in total. The minimum Gasteiger partial charge on any atom is -0.326 e. The number of thiophene rings is 1. The van der Waals surface area contributed by atoms with E-state index in [2.05, 4.69) is 0 Å². The van der Waals surface area contributed by atoms with Gasteiger partial charge in [-0.3, -0.25) is 14.4 Å². The lowest BCUT2D eigenvalue weighted by atomic mass is 9.52. The van der Waals surface area contributed by atoms with Gasteiger partial charge in [-0.2, -0.15) is 26.3 Å². The van der Waals surface area contributed by atoms with E-state index in [1.54, 1.807) is 0 Å². The predicted molar refractivity (Wildman–Crippen MR) is 114 cm³/mol. The molecule has 0 unspecified atom stereocenters. The van der Waals surface area contributed by atoms with Gasteiger partial charge < -0.3 is 4.90 Å². The minimum absolute atomic E-state index is 0.0217. The van der Waals surface area contributed by atoms with Gasteiger partial charge in [-0.05, 0) is 49.1 Å². The Kier molecular flexibility index (Phi) is 5.98. The van der Waals surface area contributed by atoms with Crippen molar-refractivity contribution in [2.45, 2.75) is 56.4 Å². The van der Waals surface area contributed by atoms with E-state index in [0.717, 1.165) is 31.4 Å². The van der Waals surface area contributed by atoms with E-state index in [1.807, 2.05) is 0 Å². The van der Waals surface area contributed by atoms with Gasteiger partial charge in [0.25, 0.3) is 11.7 Å². The van der Waals surface area contributed by atoms with E-state index in [0.29, 0.717) is 48.4 Å². The molecule has 4 saturated carbocycles. The predicted octanol–water partition coefficient (Wildman–Crippen LogP) is 4.76. The van der Waals surface area contributed by atoms with E-state index in [4.69, 9.17) is 4.84 Å². The van der Waals surface area contributed by atoms with Crippen molar-refractivity contribution in [3.8, 4) is 0 Å². The molecule has 198 valence electrons. The Morgan fingerprint density at radius 1 is 0.861 bits per heavy atom. The van der Waals surface area contributed by atoms with Gasteiger partial charge in [-0.15, -0.1) is 16.0 Å². The number of hydroxylamine groups is 3. The maximum atomic E-state index is 13.3. The monoisotopic (exact) mass is 539 g/mol. The molecule has 4 aliphatic carbocycles. The van der Waals surface area contributed by atoms with Gasteiger partial charge in [0.05, 0.1) is 22.8 Å².